The minimum absolute atomic E-state index is 0.0833. The Balaban J connectivity index is 1.70. The topological polar surface area (TPSA) is 122 Å². The summed E-state index contributed by atoms with van der Waals surface area (Å²) in [5, 5.41) is 21.7. The van der Waals surface area contributed by atoms with Gasteiger partial charge in [-0.3, -0.25) is 4.57 Å². The average Bonchev–Trinajstić information content (AvgIpc) is 3.25. The summed E-state index contributed by atoms with van der Waals surface area (Å²) in [6.45, 7) is 0.714. The SMILES string of the molecule is O=C(O)c1cc(Nc2ncnc3c2ncn3C2CCCO2)ccc1O. The Kier molecular flexibility index (Phi) is 3.69. The second kappa shape index (κ2) is 6.02. The Morgan fingerprint density at radius 1 is 1.32 bits per heavy atom. The second-order valence-electron chi connectivity index (χ2n) is 5.68. The number of hydrogen-bond acceptors (Lipinski definition) is 7. The molecule has 0 amide bonds. The van der Waals surface area contributed by atoms with E-state index in [4.69, 9.17) is 9.84 Å². The summed E-state index contributed by atoms with van der Waals surface area (Å²) in [4.78, 5) is 24.0. The van der Waals surface area contributed by atoms with E-state index in [1.165, 1.54) is 18.5 Å². The van der Waals surface area contributed by atoms with Gasteiger partial charge in [0.1, 0.15) is 23.9 Å². The minimum atomic E-state index is -1.21. The number of aromatic hydroxyl groups is 1. The van der Waals surface area contributed by atoms with Gasteiger partial charge in [-0.05, 0) is 31.0 Å². The van der Waals surface area contributed by atoms with Crippen LogP contribution in [0, 0.1) is 0 Å². The van der Waals surface area contributed by atoms with Crippen molar-refractivity contribution in [2.45, 2.75) is 19.1 Å². The zero-order valence-corrected chi connectivity index (χ0v) is 13.1. The Bertz CT molecular complexity index is 949. The summed E-state index contributed by atoms with van der Waals surface area (Å²) >= 11 is 0. The third kappa shape index (κ3) is 2.74. The molecule has 0 saturated carbocycles. The van der Waals surface area contributed by atoms with Crippen LogP contribution in [-0.2, 0) is 4.74 Å². The van der Waals surface area contributed by atoms with Crippen LogP contribution in [0.4, 0.5) is 11.5 Å². The highest BCUT2D eigenvalue weighted by atomic mass is 16.5. The lowest BCUT2D eigenvalue weighted by Crippen LogP contribution is -2.07. The quantitative estimate of drug-likeness (QED) is 0.618. The number of carboxylic acid groups (broad SMARTS) is 1. The van der Waals surface area contributed by atoms with Crippen LogP contribution in [0.2, 0.25) is 0 Å². The van der Waals surface area contributed by atoms with Gasteiger partial charge in [0.15, 0.2) is 17.0 Å². The molecular weight excluding hydrogens is 326 g/mol. The van der Waals surface area contributed by atoms with Gasteiger partial charge in [0.25, 0.3) is 0 Å². The summed E-state index contributed by atoms with van der Waals surface area (Å²) in [6, 6.07) is 4.21. The first kappa shape index (κ1) is 15.3. The summed E-state index contributed by atoms with van der Waals surface area (Å²) in [5.41, 5.74) is 1.48. The van der Waals surface area contributed by atoms with Crippen molar-refractivity contribution < 1.29 is 19.7 Å². The molecule has 9 heteroatoms. The molecule has 2 aromatic heterocycles. The van der Waals surface area contributed by atoms with E-state index < -0.39 is 5.97 Å². The molecule has 1 aromatic carbocycles. The van der Waals surface area contributed by atoms with E-state index >= 15 is 0 Å². The number of carboxylic acids is 1. The van der Waals surface area contributed by atoms with Crippen LogP contribution in [0.5, 0.6) is 5.75 Å². The fourth-order valence-corrected chi connectivity index (χ4v) is 2.86. The molecule has 4 rings (SSSR count). The molecular formula is C16H15N5O4. The van der Waals surface area contributed by atoms with Gasteiger partial charge in [0.05, 0.1) is 6.33 Å². The van der Waals surface area contributed by atoms with Gasteiger partial charge in [-0.2, -0.15) is 0 Å². The van der Waals surface area contributed by atoms with Crippen LogP contribution in [0.3, 0.4) is 0 Å². The van der Waals surface area contributed by atoms with Gasteiger partial charge in [0, 0.05) is 12.3 Å². The lowest BCUT2D eigenvalue weighted by atomic mass is 10.2. The molecule has 1 aliphatic heterocycles. The largest absolute Gasteiger partial charge is 0.507 e. The number of fused-ring (bicyclic) bond motifs is 1. The maximum atomic E-state index is 11.1. The zero-order valence-electron chi connectivity index (χ0n) is 13.1. The number of hydrogen-bond donors (Lipinski definition) is 3. The highest BCUT2D eigenvalue weighted by Crippen LogP contribution is 2.29. The van der Waals surface area contributed by atoms with Crippen LogP contribution in [0.25, 0.3) is 11.2 Å². The Labute approximate surface area is 141 Å². The van der Waals surface area contributed by atoms with Gasteiger partial charge >= 0.3 is 5.97 Å². The van der Waals surface area contributed by atoms with Crippen molar-refractivity contribution in [2.24, 2.45) is 0 Å². The average molecular weight is 341 g/mol. The first-order valence-corrected chi connectivity index (χ1v) is 7.76. The normalized spacial score (nSPS) is 17.0. The van der Waals surface area contributed by atoms with Crippen molar-refractivity contribution in [1.82, 2.24) is 19.5 Å². The second-order valence-corrected chi connectivity index (χ2v) is 5.68. The standard InChI is InChI=1S/C16H15N5O4/c22-11-4-3-9(6-10(11)16(23)24)20-14-13-15(18-7-17-14)21(8-19-13)12-2-1-5-25-12/h3-4,6-8,12,22H,1-2,5H2,(H,23,24)(H,17,18,20). The third-order valence-electron chi connectivity index (χ3n) is 4.06. The van der Waals surface area contributed by atoms with E-state index in [-0.39, 0.29) is 17.5 Å². The number of aromatic carboxylic acids is 1. The van der Waals surface area contributed by atoms with Crippen LogP contribution in [0.15, 0.2) is 30.9 Å². The van der Waals surface area contributed by atoms with Crippen molar-refractivity contribution in [2.75, 3.05) is 11.9 Å². The number of carbonyl (C=O) groups is 1. The maximum Gasteiger partial charge on any atom is 0.339 e. The van der Waals surface area contributed by atoms with E-state index in [0.29, 0.717) is 29.3 Å². The molecule has 3 aromatic rings. The number of ether oxygens (including phenoxy) is 1. The van der Waals surface area contributed by atoms with Crippen molar-refractivity contribution in [3.8, 4) is 5.75 Å². The molecule has 3 heterocycles. The van der Waals surface area contributed by atoms with Crippen LogP contribution >= 0.6 is 0 Å². The first-order chi connectivity index (χ1) is 12.1. The van der Waals surface area contributed by atoms with Crippen LogP contribution < -0.4 is 5.32 Å². The van der Waals surface area contributed by atoms with Gasteiger partial charge in [-0.15, -0.1) is 0 Å². The molecule has 25 heavy (non-hydrogen) atoms. The van der Waals surface area contributed by atoms with Gasteiger partial charge < -0.3 is 20.3 Å². The predicted octanol–water partition coefficient (Wildman–Crippen LogP) is 2.28. The summed E-state index contributed by atoms with van der Waals surface area (Å²) in [6.07, 6.45) is 4.89. The summed E-state index contributed by atoms with van der Waals surface area (Å²) in [7, 11) is 0. The highest BCUT2D eigenvalue weighted by Gasteiger charge is 2.21. The maximum absolute atomic E-state index is 11.1. The molecule has 3 N–H and O–H groups in total. The minimum Gasteiger partial charge on any atom is -0.507 e. The fourth-order valence-electron chi connectivity index (χ4n) is 2.86. The van der Waals surface area contributed by atoms with Crippen LogP contribution in [0.1, 0.15) is 29.4 Å². The molecule has 1 fully saturated rings. The number of aromatic nitrogens is 4. The third-order valence-corrected chi connectivity index (χ3v) is 4.06. The molecule has 0 bridgehead atoms. The van der Waals surface area contributed by atoms with E-state index in [0.717, 1.165) is 12.8 Å². The molecule has 128 valence electrons. The van der Waals surface area contributed by atoms with Gasteiger partial charge in [-0.25, -0.2) is 19.7 Å². The molecule has 0 spiro atoms. The molecule has 1 atom stereocenters. The van der Waals surface area contributed by atoms with Crippen molar-refractivity contribution in [1.29, 1.82) is 0 Å². The molecule has 1 aliphatic rings. The van der Waals surface area contributed by atoms with E-state index in [2.05, 4.69) is 20.3 Å². The lowest BCUT2D eigenvalue weighted by Gasteiger charge is -2.12. The Hall–Kier alpha value is -3.20. The highest BCUT2D eigenvalue weighted by molar-refractivity contribution is 5.93. The van der Waals surface area contributed by atoms with Gasteiger partial charge in [-0.1, -0.05) is 0 Å². The number of imidazole rings is 1. The fraction of sp³-hybridized carbons (Fsp3) is 0.250. The van der Waals surface area contributed by atoms with Gasteiger partial charge in [0.2, 0.25) is 0 Å². The number of nitrogens with one attached hydrogen (secondary N) is 1. The van der Waals surface area contributed by atoms with E-state index in [1.807, 2.05) is 4.57 Å². The molecule has 0 radical (unpaired) electrons. The number of anilines is 2. The number of benzene rings is 1. The van der Waals surface area contributed by atoms with E-state index in [9.17, 15) is 9.90 Å². The van der Waals surface area contributed by atoms with Crippen molar-refractivity contribution in [3.63, 3.8) is 0 Å². The van der Waals surface area contributed by atoms with Crippen molar-refractivity contribution in [3.05, 3.63) is 36.4 Å². The summed E-state index contributed by atoms with van der Waals surface area (Å²) < 4.78 is 7.54. The van der Waals surface area contributed by atoms with E-state index in [1.54, 1.807) is 12.4 Å². The van der Waals surface area contributed by atoms with Crippen molar-refractivity contribution >= 4 is 28.6 Å². The molecule has 9 nitrogen and oxygen atoms in total. The smallest absolute Gasteiger partial charge is 0.339 e. The van der Waals surface area contributed by atoms with Crippen LogP contribution in [-0.4, -0.2) is 42.3 Å². The first-order valence-electron chi connectivity index (χ1n) is 7.76. The number of phenols is 1. The monoisotopic (exact) mass is 341 g/mol. The zero-order chi connectivity index (χ0) is 17.4. The predicted molar refractivity (Wildman–Crippen MR) is 87.9 cm³/mol. The molecule has 1 unspecified atom stereocenters. The Morgan fingerprint density at radius 2 is 2.20 bits per heavy atom. The Morgan fingerprint density at radius 3 is 2.96 bits per heavy atom. The number of nitrogens with zero attached hydrogens (tertiary/aromatic N) is 4. The number of rotatable bonds is 4. The molecule has 1 saturated heterocycles. The lowest BCUT2D eigenvalue weighted by molar-refractivity contribution is 0.0592. The summed E-state index contributed by atoms with van der Waals surface area (Å²) in [5.74, 6) is -1.06. The molecule has 0 aliphatic carbocycles.